The van der Waals surface area contributed by atoms with Gasteiger partial charge in [-0.05, 0) is 55.0 Å². The van der Waals surface area contributed by atoms with Crippen LogP contribution in [0.15, 0.2) is 35.7 Å². The Morgan fingerprint density at radius 1 is 1.33 bits per heavy atom. The molecule has 0 bridgehead atoms. The highest BCUT2D eigenvalue weighted by molar-refractivity contribution is 7.14. The number of halogens is 1. The number of benzene rings is 1. The first-order valence-corrected chi connectivity index (χ1v) is 8.29. The van der Waals surface area contributed by atoms with Crippen molar-refractivity contribution >= 4 is 40.2 Å². The second-order valence-electron chi connectivity index (χ2n) is 5.39. The predicted octanol–water partition coefficient (Wildman–Crippen LogP) is 4.92. The Bertz CT molecular complexity index is 651. The summed E-state index contributed by atoms with van der Waals surface area (Å²) in [7, 11) is 0. The molecule has 3 rings (SSSR count). The molecule has 1 aromatic heterocycles. The first-order valence-electron chi connectivity index (χ1n) is 7.03. The van der Waals surface area contributed by atoms with Gasteiger partial charge in [-0.3, -0.25) is 4.79 Å². The van der Waals surface area contributed by atoms with Gasteiger partial charge >= 0.3 is 0 Å². The zero-order valence-electron chi connectivity index (χ0n) is 11.7. The van der Waals surface area contributed by atoms with E-state index in [9.17, 15) is 4.79 Å². The van der Waals surface area contributed by atoms with E-state index in [1.807, 2.05) is 30.3 Å². The van der Waals surface area contributed by atoms with Crippen LogP contribution in [0.2, 0.25) is 4.34 Å². The normalized spacial score (nSPS) is 15.5. The smallest absolute Gasteiger partial charge is 0.227 e. The van der Waals surface area contributed by atoms with Gasteiger partial charge in [-0.1, -0.05) is 17.7 Å². The lowest BCUT2D eigenvalue weighted by atomic mass is 10.1. The Morgan fingerprint density at radius 3 is 2.76 bits per heavy atom. The molecule has 1 heterocycles. The molecular weight excluding hydrogens is 304 g/mol. The summed E-state index contributed by atoms with van der Waals surface area (Å²) in [5, 5.41) is 8.44. The van der Waals surface area contributed by atoms with Gasteiger partial charge in [0.05, 0.1) is 4.34 Å². The molecule has 0 saturated heterocycles. The van der Waals surface area contributed by atoms with E-state index >= 15 is 0 Å². The van der Waals surface area contributed by atoms with Crippen LogP contribution >= 0.6 is 22.9 Å². The van der Waals surface area contributed by atoms with Crippen LogP contribution in [0.5, 0.6) is 0 Å². The molecule has 1 unspecified atom stereocenters. The molecule has 0 spiro atoms. The van der Waals surface area contributed by atoms with E-state index in [1.165, 1.54) is 11.3 Å². The SMILES string of the molecule is CC(Nc1cccc(NC(=O)C2CC2)c1)c1csc(Cl)c1. The van der Waals surface area contributed by atoms with Crippen molar-refractivity contribution in [2.24, 2.45) is 5.92 Å². The molecule has 1 aliphatic carbocycles. The fourth-order valence-electron chi connectivity index (χ4n) is 2.16. The molecule has 0 aliphatic heterocycles. The summed E-state index contributed by atoms with van der Waals surface area (Å²) in [6.07, 6.45) is 2.03. The molecule has 1 saturated carbocycles. The molecule has 1 atom stereocenters. The number of carbonyl (C=O) groups excluding carboxylic acids is 1. The van der Waals surface area contributed by atoms with Crippen molar-refractivity contribution in [1.29, 1.82) is 0 Å². The van der Waals surface area contributed by atoms with E-state index in [1.54, 1.807) is 0 Å². The summed E-state index contributed by atoms with van der Waals surface area (Å²) in [5.41, 5.74) is 2.99. The van der Waals surface area contributed by atoms with E-state index in [0.717, 1.165) is 34.1 Å². The van der Waals surface area contributed by atoms with Crippen molar-refractivity contribution in [3.05, 3.63) is 45.6 Å². The van der Waals surface area contributed by atoms with Crippen molar-refractivity contribution in [1.82, 2.24) is 0 Å². The van der Waals surface area contributed by atoms with Crippen molar-refractivity contribution in [2.45, 2.75) is 25.8 Å². The molecule has 2 aromatic rings. The molecule has 1 aliphatic rings. The third-order valence-corrected chi connectivity index (χ3v) is 4.66. The average molecular weight is 321 g/mol. The van der Waals surface area contributed by atoms with Crippen LogP contribution < -0.4 is 10.6 Å². The molecule has 1 aromatic carbocycles. The fraction of sp³-hybridized carbons (Fsp3) is 0.312. The Labute approximate surface area is 133 Å². The first-order chi connectivity index (χ1) is 10.1. The maximum atomic E-state index is 11.8. The van der Waals surface area contributed by atoms with Gasteiger partial charge in [-0.15, -0.1) is 11.3 Å². The second kappa shape index (κ2) is 6.08. The van der Waals surface area contributed by atoms with Crippen molar-refractivity contribution < 1.29 is 4.79 Å². The van der Waals surface area contributed by atoms with E-state index in [0.29, 0.717) is 0 Å². The number of hydrogen-bond acceptors (Lipinski definition) is 3. The van der Waals surface area contributed by atoms with Gasteiger partial charge in [0.2, 0.25) is 5.91 Å². The van der Waals surface area contributed by atoms with E-state index in [2.05, 4.69) is 22.9 Å². The van der Waals surface area contributed by atoms with Gasteiger partial charge in [-0.25, -0.2) is 0 Å². The lowest BCUT2D eigenvalue weighted by molar-refractivity contribution is -0.117. The Hall–Kier alpha value is -1.52. The van der Waals surface area contributed by atoms with Crippen LogP contribution in [0.4, 0.5) is 11.4 Å². The third-order valence-electron chi connectivity index (χ3n) is 3.55. The Balaban J connectivity index is 1.66. The van der Waals surface area contributed by atoms with Gasteiger partial charge in [0.25, 0.3) is 0 Å². The zero-order valence-corrected chi connectivity index (χ0v) is 13.3. The molecule has 110 valence electrons. The standard InChI is InChI=1S/C16H17ClN2OS/c1-10(12-7-15(17)21-9-12)18-13-3-2-4-14(8-13)19-16(20)11-5-6-11/h2-4,7-11,18H,5-6H2,1H3,(H,19,20). The van der Waals surface area contributed by atoms with Crippen molar-refractivity contribution in [3.8, 4) is 0 Å². The molecule has 5 heteroatoms. The minimum Gasteiger partial charge on any atom is -0.378 e. The summed E-state index contributed by atoms with van der Waals surface area (Å²) in [6.45, 7) is 2.09. The molecular formula is C16H17ClN2OS. The quantitative estimate of drug-likeness (QED) is 0.820. The molecule has 3 nitrogen and oxygen atoms in total. The lowest BCUT2D eigenvalue weighted by Gasteiger charge is -2.15. The molecule has 21 heavy (non-hydrogen) atoms. The van der Waals surface area contributed by atoms with E-state index < -0.39 is 0 Å². The van der Waals surface area contributed by atoms with Crippen LogP contribution in [0.25, 0.3) is 0 Å². The highest BCUT2D eigenvalue weighted by Crippen LogP contribution is 2.31. The maximum absolute atomic E-state index is 11.8. The fourth-order valence-corrected chi connectivity index (χ4v) is 3.14. The summed E-state index contributed by atoms with van der Waals surface area (Å²) >= 11 is 7.50. The number of rotatable bonds is 5. The van der Waals surface area contributed by atoms with E-state index in [4.69, 9.17) is 11.6 Å². The molecule has 1 amide bonds. The van der Waals surface area contributed by atoms with Gasteiger partial charge < -0.3 is 10.6 Å². The number of hydrogen-bond donors (Lipinski definition) is 2. The number of carbonyl (C=O) groups is 1. The van der Waals surface area contributed by atoms with Gasteiger partial charge in [0.15, 0.2) is 0 Å². The van der Waals surface area contributed by atoms with Crippen LogP contribution in [-0.2, 0) is 4.79 Å². The third kappa shape index (κ3) is 3.77. The lowest BCUT2D eigenvalue weighted by Crippen LogP contribution is -2.13. The number of nitrogens with one attached hydrogen (secondary N) is 2. The van der Waals surface area contributed by atoms with Gasteiger partial charge in [-0.2, -0.15) is 0 Å². The summed E-state index contributed by atoms with van der Waals surface area (Å²) in [5.74, 6) is 0.346. The molecule has 0 radical (unpaired) electrons. The van der Waals surface area contributed by atoms with E-state index in [-0.39, 0.29) is 17.9 Å². The van der Waals surface area contributed by atoms with Crippen molar-refractivity contribution in [3.63, 3.8) is 0 Å². The topological polar surface area (TPSA) is 41.1 Å². The maximum Gasteiger partial charge on any atom is 0.227 e. The summed E-state index contributed by atoms with van der Waals surface area (Å²) in [6, 6.07) is 9.96. The summed E-state index contributed by atoms with van der Waals surface area (Å²) in [4.78, 5) is 11.8. The highest BCUT2D eigenvalue weighted by Gasteiger charge is 2.29. The minimum atomic E-state index is 0.129. The predicted molar refractivity (Wildman–Crippen MR) is 89.2 cm³/mol. The Morgan fingerprint density at radius 2 is 2.10 bits per heavy atom. The van der Waals surface area contributed by atoms with Crippen LogP contribution in [0.1, 0.15) is 31.4 Å². The largest absolute Gasteiger partial charge is 0.378 e. The highest BCUT2D eigenvalue weighted by atomic mass is 35.5. The molecule has 1 fully saturated rings. The van der Waals surface area contributed by atoms with Crippen LogP contribution in [0, 0.1) is 5.92 Å². The zero-order chi connectivity index (χ0) is 14.8. The minimum absolute atomic E-state index is 0.129. The Kier molecular flexibility index (Phi) is 4.17. The monoisotopic (exact) mass is 320 g/mol. The van der Waals surface area contributed by atoms with Crippen LogP contribution in [-0.4, -0.2) is 5.91 Å². The summed E-state index contributed by atoms with van der Waals surface area (Å²) < 4.78 is 0.795. The van der Waals surface area contributed by atoms with Gasteiger partial charge in [0.1, 0.15) is 0 Å². The van der Waals surface area contributed by atoms with Gasteiger partial charge in [0, 0.05) is 23.3 Å². The first kappa shape index (κ1) is 14.4. The van der Waals surface area contributed by atoms with Crippen LogP contribution in [0.3, 0.4) is 0 Å². The second-order valence-corrected chi connectivity index (χ2v) is 6.94. The average Bonchev–Trinajstić information content (AvgIpc) is 3.21. The van der Waals surface area contributed by atoms with Crippen molar-refractivity contribution in [2.75, 3.05) is 10.6 Å². The number of thiophene rings is 1. The number of anilines is 2. The molecule has 2 N–H and O–H groups in total. The number of amides is 1.